The third-order valence-corrected chi connectivity index (χ3v) is 4.87. The fourth-order valence-corrected chi connectivity index (χ4v) is 2.65. The largest absolute Gasteiger partial charge is 0.0683 e. The topological polar surface area (TPSA) is 0 Å². The standard InChI is InChI=1S/3C6H6.3C6H14.C3H8.7C2H6/c3*1-2-4-6-5-3-1;3*1-3-5-6-4-2;1-3-2;7*1-2/h3*1-6H;3*3-6H2,1-2H3;3H2,1-2H3;7*1-2H3. The molecule has 53 heavy (non-hydrogen) atoms. The third kappa shape index (κ3) is 185. The first kappa shape index (κ1) is 79.4. The summed E-state index contributed by atoms with van der Waals surface area (Å²) in [6, 6.07) is 36.0. The van der Waals surface area contributed by atoms with Gasteiger partial charge in [-0.15, -0.1) is 0 Å². The SMILES string of the molecule is CC.CC.CC.CC.CC.CC.CC.CCC.CCCCCC.CCCCCC.CCCCCC.c1ccccc1.c1ccccc1.c1ccccc1. The van der Waals surface area contributed by atoms with Crippen LogP contribution < -0.4 is 0 Å². The molecule has 3 aromatic carbocycles. The van der Waals surface area contributed by atoms with Gasteiger partial charge in [0, 0.05) is 0 Å². The van der Waals surface area contributed by atoms with Gasteiger partial charge in [-0.3, -0.25) is 0 Å². The molecule has 322 valence electrons. The lowest BCUT2D eigenvalue weighted by Crippen LogP contribution is -1.66. The summed E-state index contributed by atoms with van der Waals surface area (Å²) in [6.07, 6.45) is 17.9. The first-order valence-electron chi connectivity index (χ1n) is 23.2. The minimum Gasteiger partial charge on any atom is -0.0683 e. The van der Waals surface area contributed by atoms with Gasteiger partial charge in [0.1, 0.15) is 0 Å². The summed E-state index contributed by atoms with van der Waals surface area (Å²) in [5.74, 6) is 0. The van der Waals surface area contributed by atoms with Crippen LogP contribution in [0.1, 0.15) is 236 Å². The van der Waals surface area contributed by atoms with Crippen LogP contribution in [0.2, 0.25) is 0 Å². The predicted octanol–water partition coefficient (Wildman–Crippen LogP) is 21.4. The van der Waals surface area contributed by atoms with Crippen LogP contribution in [-0.4, -0.2) is 0 Å². The molecule has 0 amide bonds. The zero-order valence-electron chi connectivity index (χ0n) is 41.6. The molecular weight excluding hydrogens is 637 g/mol. The zero-order valence-corrected chi connectivity index (χ0v) is 41.6. The fraction of sp³-hybridized carbons (Fsp3) is 0.660. The molecule has 0 nitrogen and oxygen atoms in total. The molecule has 0 saturated carbocycles. The van der Waals surface area contributed by atoms with E-state index in [-0.39, 0.29) is 0 Å². The van der Waals surface area contributed by atoms with Crippen molar-refractivity contribution in [2.45, 2.75) is 236 Å². The van der Waals surface area contributed by atoms with E-state index in [9.17, 15) is 0 Å². The molecule has 0 atom stereocenters. The van der Waals surface area contributed by atoms with Crippen LogP contribution in [0.5, 0.6) is 0 Å². The molecule has 0 spiro atoms. The second-order valence-corrected chi connectivity index (χ2v) is 9.29. The highest BCUT2D eigenvalue weighted by Crippen LogP contribution is 1.96. The highest BCUT2D eigenvalue weighted by Gasteiger charge is 1.76. The maximum Gasteiger partial charge on any atom is -0.0536 e. The van der Waals surface area contributed by atoms with Crippen LogP contribution in [0.25, 0.3) is 0 Å². The van der Waals surface area contributed by atoms with Gasteiger partial charge in [-0.2, -0.15) is 0 Å². The highest BCUT2D eigenvalue weighted by molar-refractivity contribution is 5.00. The minimum atomic E-state index is 1.25. The van der Waals surface area contributed by atoms with Crippen molar-refractivity contribution in [3.8, 4) is 0 Å². The van der Waals surface area contributed by atoms with E-state index in [0.717, 1.165) is 0 Å². The van der Waals surface area contributed by atoms with Crippen LogP contribution >= 0.6 is 0 Å². The quantitative estimate of drug-likeness (QED) is 0.191. The molecule has 0 unspecified atom stereocenters. The second-order valence-electron chi connectivity index (χ2n) is 9.29. The number of hydrogen-bond acceptors (Lipinski definition) is 0. The minimum absolute atomic E-state index is 1.25. The van der Waals surface area contributed by atoms with E-state index >= 15 is 0 Å². The molecule has 0 heteroatoms. The first-order chi connectivity index (χ1) is 26.2. The molecule has 0 aromatic heterocycles. The van der Waals surface area contributed by atoms with Gasteiger partial charge in [-0.05, 0) is 0 Å². The van der Waals surface area contributed by atoms with Crippen molar-refractivity contribution < 1.29 is 0 Å². The Bertz CT molecular complexity index is 447. The number of benzene rings is 3. The van der Waals surface area contributed by atoms with Crippen molar-refractivity contribution in [1.82, 2.24) is 0 Å². The van der Waals surface area contributed by atoms with Gasteiger partial charge in [0.25, 0.3) is 0 Å². The van der Waals surface area contributed by atoms with Gasteiger partial charge in [0.15, 0.2) is 0 Å². The summed E-state index contributed by atoms with van der Waals surface area (Å²) in [7, 11) is 0. The Hall–Kier alpha value is -2.34. The lowest BCUT2D eigenvalue weighted by atomic mass is 10.2. The molecule has 0 bridgehead atoms. The molecule has 0 aliphatic carbocycles. The van der Waals surface area contributed by atoms with E-state index in [2.05, 4.69) is 55.4 Å². The van der Waals surface area contributed by atoms with Gasteiger partial charge in [-0.25, -0.2) is 0 Å². The van der Waals surface area contributed by atoms with Crippen LogP contribution in [0, 0.1) is 0 Å². The van der Waals surface area contributed by atoms with E-state index in [1.165, 1.54) is 83.5 Å². The van der Waals surface area contributed by atoms with Gasteiger partial charge in [-0.1, -0.05) is 345 Å². The Balaban J connectivity index is -0.0000000410. The van der Waals surface area contributed by atoms with Crippen molar-refractivity contribution in [3.63, 3.8) is 0 Å². The van der Waals surface area contributed by atoms with Gasteiger partial charge in [0.05, 0.1) is 0 Å². The molecule has 0 aliphatic rings. The summed E-state index contributed by atoms with van der Waals surface area (Å²) in [5, 5.41) is 0. The summed E-state index contributed by atoms with van der Waals surface area (Å²) in [4.78, 5) is 0. The van der Waals surface area contributed by atoms with E-state index < -0.39 is 0 Å². The Labute approximate surface area is 343 Å². The normalized spacial score (nSPS) is 6.91. The smallest absolute Gasteiger partial charge is 0.0536 e. The van der Waals surface area contributed by atoms with Crippen molar-refractivity contribution in [2.24, 2.45) is 0 Å². The molecule has 3 rings (SSSR count). The molecule has 0 fully saturated rings. The van der Waals surface area contributed by atoms with Gasteiger partial charge < -0.3 is 0 Å². The maximum absolute atomic E-state index is 2.23. The van der Waals surface area contributed by atoms with Crippen molar-refractivity contribution in [1.29, 1.82) is 0 Å². The summed E-state index contributed by atoms with van der Waals surface area (Å²) >= 11 is 0. The Morgan fingerprint density at radius 2 is 0.226 bits per heavy atom. The van der Waals surface area contributed by atoms with Crippen LogP contribution in [0.15, 0.2) is 109 Å². The summed E-state index contributed by atoms with van der Waals surface area (Å²) < 4.78 is 0. The molecule has 0 saturated heterocycles. The first-order valence-corrected chi connectivity index (χ1v) is 23.2. The molecule has 0 radical (unpaired) electrons. The van der Waals surface area contributed by atoms with Crippen LogP contribution in [0.4, 0.5) is 0 Å². The monoisotopic (exact) mass is 747 g/mol. The highest BCUT2D eigenvalue weighted by atomic mass is 13.8. The zero-order chi connectivity index (χ0) is 43.9. The molecule has 0 N–H and O–H groups in total. The van der Waals surface area contributed by atoms with Crippen LogP contribution in [0.3, 0.4) is 0 Å². The van der Waals surface area contributed by atoms with E-state index in [4.69, 9.17) is 0 Å². The third-order valence-electron chi connectivity index (χ3n) is 4.87. The Kier molecular flexibility index (Phi) is 215. The van der Waals surface area contributed by atoms with E-state index in [1.54, 1.807) is 0 Å². The Morgan fingerprint density at radius 1 is 0.170 bits per heavy atom. The van der Waals surface area contributed by atoms with Crippen molar-refractivity contribution in [2.75, 3.05) is 0 Å². The van der Waals surface area contributed by atoms with Crippen molar-refractivity contribution in [3.05, 3.63) is 109 Å². The predicted molar refractivity (Wildman–Crippen MR) is 264 cm³/mol. The van der Waals surface area contributed by atoms with Crippen molar-refractivity contribution >= 4 is 0 Å². The number of unbranched alkanes of at least 4 members (excludes halogenated alkanes) is 9. The number of rotatable bonds is 9. The second kappa shape index (κ2) is 143. The van der Waals surface area contributed by atoms with Crippen LogP contribution in [-0.2, 0) is 0 Å². The molecule has 3 aromatic rings. The van der Waals surface area contributed by atoms with E-state index in [1.807, 2.05) is 206 Å². The molecule has 0 aliphatic heterocycles. The Morgan fingerprint density at radius 3 is 0.264 bits per heavy atom. The molecule has 0 heterocycles. The maximum atomic E-state index is 2.23. The average molecular weight is 747 g/mol. The lowest BCUT2D eigenvalue weighted by Gasteiger charge is -1.86. The van der Waals surface area contributed by atoms with Gasteiger partial charge in [0.2, 0.25) is 0 Å². The number of hydrogen-bond donors (Lipinski definition) is 0. The van der Waals surface area contributed by atoms with E-state index in [0.29, 0.717) is 0 Å². The summed E-state index contributed by atoms with van der Waals surface area (Å²) in [6.45, 7) is 45.6. The fourth-order valence-electron chi connectivity index (χ4n) is 2.65. The average Bonchev–Trinajstić information content (AvgIpc) is 3.29. The lowest BCUT2D eigenvalue weighted by molar-refractivity contribution is 0.702. The summed E-state index contributed by atoms with van der Waals surface area (Å²) in [5.41, 5.74) is 0. The van der Waals surface area contributed by atoms with Gasteiger partial charge >= 0.3 is 0 Å². The molecular formula is C53H110.